The summed E-state index contributed by atoms with van der Waals surface area (Å²) < 4.78 is 5.08. The molecule has 2 unspecified atom stereocenters. The Morgan fingerprint density at radius 3 is 2.81 bits per heavy atom. The quantitative estimate of drug-likeness (QED) is 0.558. The molecule has 2 atom stereocenters. The molecule has 8 nitrogen and oxygen atoms in total. The highest BCUT2D eigenvalue weighted by atomic mass is 16.6. The molecule has 0 amide bonds. The molecule has 3 N–H and O–H groups in total. The Kier molecular flexibility index (Phi) is 3.92. The molecule has 1 heterocycles. The summed E-state index contributed by atoms with van der Waals surface area (Å²) in [6.07, 6.45) is 0.967. The molecule has 2 rings (SSSR count). The topological polar surface area (TPSA) is 114 Å². The fourth-order valence-corrected chi connectivity index (χ4v) is 2.16. The Balaban J connectivity index is 2.49. The molecular formula is C13H15N3O5. The zero-order valence-corrected chi connectivity index (χ0v) is 11.5. The fraction of sp³-hybridized carbons (Fsp3) is 0.308. The summed E-state index contributed by atoms with van der Waals surface area (Å²) in [4.78, 5) is 21.8. The number of carbonyl (C=O) groups is 1. The summed E-state index contributed by atoms with van der Waals surface area (Å²) in [6.45, 7) is 1.72. The molecule has 0 aromatic heterocycles. The second-order valence-corrected chi connectivity index (χ2v) is 4.62. The number of methoxy groups -OCH3 is 1. The van der Waals surface area contributed by atoms with Gasteiger partial charge in [0, 0.05) is 30.5 Å². The molecule has 0 spiro atoms. The minimum Gasteiger partial charge on any atom is -0.478 e. The molecule has 1 aromatic rings. The summed E-state index contributed by atoms with van der Waals surface area (Å²) in [7, 11) is 1.28. The Morgan fingerprint density at radius 1 is 1.52 bits per heavy atom. The van der Waals surface area contributed by atoms with Gasteiger partial charge in [0.05, 0.1) is 11.1 Å². The maximum Gasteiger partial charge on any atom is 0.355 e. The van der Waals surface area contributed by atoms with E-state index >= 15 is 0 Å². The van der Waals surface area contributed by atoms with Gasteiger partial charge in [0.2, 0.25) is 5.72 Å². The zero-order valence-electron chi connectivity index (χ0n) is 11.5. The third-order valence-corrected chi connectivity index (χ3v) is 3.16. The summed E-state index contributed by atoms with van der Waals surface area (Å²) >= 11 is 0. The fourth-order valence-electron chi connectivity index (χ4n) is 2.16. The maximum absolute atomic E-state index is 11.4. The third kappa shape index (κ3) is 2.86. The van der Waals surface area contributed by atoms with Crippen molar-refractivity contribution in [3.63, 3.8) is 0 Å². The number of nitro groups is 1. The largest absolute Gasteiger partial charge is 0.478 e. The monoisotopic (exact) mass is 293 g/mol. The first-order chi connectivity index (χ1) is 9.88. The number of carboxylic acid groups (broad SMARTS) is 1. The van der Waals surface area contributed by atoms with E-state index in [0.717, 1.165) is 0 Å². The van der Waals surface area contributed by atoms with Crippen LogP contribution in [-0.4, -0.2) is 35.0 Å². The van der Waals surface area contributed by atoms with Crippen molar-refractivity contribution in [2.45, 2.75) is 18.8 Å². The van der Waals surface area contributed by atoms with Gasteiger partial charge < -0.3 is 15.2 Å². The molecule has 1 aromatic carbocycles. The molecule has 1 aliphatic rings. The second-order valence-electron chi connectivity index (χ2n) is 4.62. The van der Waals surface area contributed by atoms with Crippen molar-refractivity contribution in [2.24, 2.45) is 0 Å². The van der Waals surface area contributed by atoms with Crippen LogP contribution in [0, 0.1) is 10.1 Å². The van der Waals surface area contributed by atoms with Gasteiger partial charge >= 0.3 is 5.97 Å². The molecular weight excluding hydrogens is 278 g/mol. The van der Waals surface area contributed by atoms with Crippen LogP contribution in [0.5, 0.6) is 0 Å². The Morgan fingerprint density at radius 2 is 2.24 bits per heavy atom. The molecule has 1 aliphatic heterocycles. The van der Waals surface area contributed by atoms with Gasteiger partial charge in [-0.15, -0.1) is 0 Å². The number of hydrogen-bond acceptors (Lipinski definition) is 6. The highest BCUT2D eigenvalue weighted by Crippen LogP contribution is 2.25. The number of ether oxygens (including phenoxy) is 1. The number of nitro benzene ring substituents is 1. The lowest BCUT2D eigenvalue weighted by Gasteiger charge is -2.36. The van der Waals surface area contributed by atoms with E-state index in [0.29, 0.717) is 11.3 Å². The molecule has 21 heavy (non-hydrogen) atoms. The molecule has 0 aliphatic carbocycles. The van der Waals surface area contributed by atoms with E-state index in [1.54, 1.807) is 13.0 Å². The minimum atomic E-state index is -1.68. The average Bonchev–Trinajstić information content (AvgIpc) is 2.46. The third-order valence-electron chi connectivity index (χ3n) is 3.16. The summed E-state index contributed by atoms with van der Waals surface area (Å²) in [6, 6.07) is 5.94. The highest BCUT2D eigenvalue weighted by molar-refractivity contribution is 5.84. The summed E-state index contributed by atoms with van der Waals surface area (Å²) in [5, 5.41) is 26.0. The van der Waals surface area contributed by atoms with Crippen LogP contribution < -0.4 is 10.6 Å². The number of nitrogens with zero attached hydrogens (tertiary/aromatic N) is 1. The second kappa shape index (κ2) is 5.51. The van der Waals surface area contributed by atoms with E-state index in [9.17, 15) is 20.0 Å². The number of carboxylic acids is 1. The lowest BCUT2D eigenvalue weighted by molar-refractivity contribution is -0.384. The molecule has 112 valence electrons. The summed E-state index contributed by atoms with van der Waals surface area (Å²) in [5.41, 5.74) is -0.779. The van der Waals surface area contributed by atoms with E-state index in [4.69, 9.17) is 4.74 Å². The van der Waals surface area contributed by atoms with Crippen LogP contribution in [0.15, 0.2) is 30.3 Å². The number of nitrogens with one attached hydrogen (secondary N) is 2. The van der Waals surface area contributed by atoms with E-state index in [-0.39, 0.29) is 11.9 Å². The Labute approximate surface area is 120 Å². The van der Waals surface area contributed by atoms with Crippen LogP contribution in [0.4, 0.5) is 5.69 Å². The van der Waals surface area contributed by atoms with Crippen LogP contribution in [-0.2, 0) is 9.53 Å². The van der Waals surface area contributed by atoms with Gasteiger partial charge in [-0.05, 0) is 13.0 Å². The van der Waals surface area contributed by atoms with E-state index in [1.165, 1.54) is 31.4 Å². The van der Waals surface area contributed by atoms with Gasteiger partial charge in [0.25, 0.3) is 5.69 Å². The summed E-state index contributed by atoms with van der Waals surface area (Å²) in [5.74, 6) is -1.19. The van der Waals surface area contributed by atoms with E-state index in [1.807, 2.05) is 0 Å². The number of non-ortho nitro benzene ring substituents is 1. The van der Waals surface area contributed by atoms with Gasteiger partial charge in [-0.3, -0.25) is 15.4 Å². The van der Waals surface area contributed by atoms with Crippen molar-refractivity contribution in [2.75, 3.05) is 7.11 Å². The Bertz CT molecular complexity index is 616. The predicted molar refractivity (Wildman–Crippen MR) is 74.2 cm³/mol. The lowest BCUT2D eigenvalue weighted by Crippen LogP contribution is -2.61. The first kappa shape index (κ1) is 14.9. The number of rotatable bonds is 4. The van der Waals surface area contributed by atoms with Crippen LogP contribution in [0.25, 0.3) is 5.70 Å². The van der Waals surface area contributed by atoms with Crippen molar-refractivity contribution < 1.29 is 19.6 Å². The van der Waals surface area contributed by atoms with E-state index in [2.05, 4.69) is 10.6 Å². The van der Waals surface area contributed by atoms with Crippen LogP contribution >= 0.6 is 0 Å². The van der Waals surface area contributed by atoms with Gasteiger partial charge in [-0.1, -0.05) is 12.1 Å². The predicted octanol–water partition coefficient (Wildman–Crippen LogP) is 0.902. The molecule has 0 radical (unpaired) electrons. The lowest BCUT2D eigenvalue weighted by atomic mass is 10.0. The molecule has 0 saturated carbocycles. The van der Waals surface area contributed by atoms with Crippen molar-refractivity contribution >= 4 is 17.4 Å². The SMILES string of the molecule is COC1(C(=O)O)C=C(c2cccc([N+](=O)[O-])c2)NC(C)N1. The van der Waals surface area contributed by atoms with Gasteiger partial charge in [0.1, 0.15) is 0 Å². The molecule has 8 heteroatoms. The number of hydrogen-bond donors (Lipinski definition) is 3. The normalized spacial score (nSPS) is 24.9. The van der Waals surface area contributed by atoms with Crippen molar-refractivity contribution in [1.29, 1.82) is 0 Å². The minimum absolute atomic E-state index is 0.0697. The first-order valence-electron chi connectivity index (χ1n) is 6.18. The molecule has 0 saturated heterocycles. The van der Waals surface area contributed by atoms with Crippen LogP contribution in [0.1, 0.15) is 12.5 Å². The zero-order chi connectivity index (χ0) is 15.6. The maximum atomic E-state index is 11.4. The average molecular weight is 293 g/mol. The highest BCUT2D eigenvalue weighted by Gasteiger charge is 2.41. The van der Waals surface area contributed by atoms with Crippen LogP contribution in [0.3, 0.4) is 0 Å². The van der Waals surface area contributed by atoms with Crippen molar-refractivity contribution in [1.82, 2.24) is 10.6 Å². The van der Waals surface area contributed by atoms with E-state index < -0.39 is 16.6 Å². The van der Waals surface area contributed by atoms with Gasteiger partial charge in [-0.2, -0.15) is 0 Å². The molecule has 0 bridgehead atoms. The molecule has 0 fully saturated rings. The Hall–Kier alpha value is -2.45. The smallest absolute Gasteiger partial charge is 0.355 e. The van der Waals surface area contributed by atoms with Gasteiger partial charge in [0.15, 0.2) is 0 Å². The number of aliphatic carboxylic acids is 1. The van der Waals surface area contributed by atoms with Crippen LogP contribution in [0.2, 0.25) is 0 Å². The first-order valence-corrected chi connectivity index (χ1v) is 6.18. The van der Waals surface area contributed by atoms with Crippen molar-refractivity contribution in [3.8, 4) is 0 Å². The standard InChI is InChI=1S/C13H15N3O5/c1-8-14-11(7-13(15-8,21-2)12(17)18)9-4-3-5-10(6-9)16(19)20/h3-8,14-15H,1-2H3,(H,17,18). The number of benzene rings is 1. The van der Waals surface area contributed by atoms with Gasteiger partial charge in [-0.25, -0.2) is 4.79 Å². The van der Waals surface area contributed by atoms with Crippen molar-refractivity contribution in [3.05, 3.63) is 46.0 Å².